The molecule has 6 nitrogen and oxygen atoms in total. The van der Waals surface area contributed by atoms with Crippen LogP contribution >= 0.6 is 0 Å². The summed E-state index contributed by atoms with van der Waals surface area (Å²) in [6.45, 7) is 7.77. The van der Waals surface area contributed by atoms with E-state index >= 15 is 0 Å². The lowest BCUT2D eigenvalue weighted by Gasteiger charge is -2.28. The third-order valence-corrected chi connectivity index (χ3v) is 4.71. The number of carbonyl (C=O) groups is 2. The van der Waals surface area contributed by atoms with E-state index in [1.54, 1.807) is 7.11 Å². The van der Waals surface area contributed by atoms with Crippen molar-refractivity contribution in [1.82, 2.24) is 14.5 Å². The molecule has 0 N–H and O–H groups in total. The second kappa shape index (κ2) is 7.32. The van der Waals surface area contributed by atoms with Crippen molar-refractivity contribution in [3.8, 4) is 17.0 Å². The molecule has 0 unspecified atom stereocenters. The Hall–Kier alpha value is -2.63. The molecule has 26 heavy (non-hydrogen) atoms. The summed E-state index contributed by atoms with van der Waals surface area (Å²) < 4.78 is 7.09. The smallest absolute Gasteiger partial charge is 0.289 e. The Balaban J connectivity index is 2.01. The Kier molecular flexibility index (Phi) is 5.11. The molecule has 1 aromatic carbocycles. The Morgan fingerprint density at radius 3 is 2.50 bits per heavy atom. The van der Waals surface area contributed by atoms with Crippen molar-refractivity contribution in [3.63, 3.8) is 0 Å². The maximum atomic E-state index is 12.9. The minimum Gasteiger partial charge on any atom is -0.497 e. The molecule has 2 aromatic rings. The number of imidazole rings is 1. The Bertz CT molecular complexity index is 822. The van der Waals surface area contributed by atoms with Gasteiger partial charge >= 0.3 is 0 Å². The number of fused-ring (bicyclic) bond motifs is 1. The minimum atomic E-state index is -0.140. The first-order valence-corrected chi connectivity index (χ1v) is 8.97. The lowest BCUT2D eigenvalue weighted by atomic mass is 10.1. The molecule has 138 valence electrons. The van der Waals surface area contributed by atoms with Gasteiger partial charge in [0, 0.05) is 32.1 Å². The van der Waals surface area contributed by atoms with Crippen molar-refractivity contribution in [2.45, 2.75) is 33.7 Å². The molecule has 1 aliphatic heterocycles. The number of hydrogen-bond acceptors (Lipinski definition) is 4. The van der Waals surface area contributed by atoms with Crippen LogP contribution < -0.4 is 4.74 Å². The number of nitrogens with zero attached hydrogens (tertiary/aromatic N) is 3. The molecule has 0 spiro atoms. The highest BCUT2D eigenvalue weighted by Crippen LogP contribution is 2.30. The average molecular weight is 355 g/mol. The number of amides is 1. The lowest BCUT2D eigenvalue weighted by Crippen LogP contribution is -2.41. The van der Waals surface area contributed by atoms with Crippen LogP contribution in [-0.4, -0.2) is 46.3 Å². The van der Waals surface area contributed by atoms with Crippen molar-refractivity contribution in [3.05, 3.63) is 35.8 Å². The fourth-order valence-electron chi connectivity index (χ4n) is 3.21. The van der Waals surface area contributed by atoms with Gasteiger partial charge in [0.25, 0.3) is 5.91 Å². The number of ether oxygens (including phenoxy) is 1. The molecule has 6 heteroatoms. The molecule has 1 amide bonds. The average Bonchev–Trinajstić information content (AvgIpc) is 3.02. The Morgan fingerprint density at radius 2 is 1.92 bits per heavy atom. The maximum absolute atomic E-state index is 12.9. The number of rotatable bonds is 6. The van der Waals surface area contributed by atoms with Gasteiger partial charge in [-0.2, -0.15) is 0 Å². The van der Waals surface area contributed by atoms with Gasteiger partial charge in [-0.1, -0.05) is 13.8 Å². The third-order valence-electron chi connectivity index (χ3n) is 4.71. The third kappa shape index (κ3) is 3.36. The number of carbonyl (C=O) groups excluding carboxylic acids is 2. The van der Waals surface area contributed by atoms with Gasteiger partial charge in [0.1, 0.15) is 11.4 Å². The molecule has 0 saturated carbocycles. The predicted molar refractivity (Wildman–Crippen MR) is 99.6 cm³/mol. The molecule has 0 radical (unpaired) electrons. The van der Waals surface area contributed by atoms with Gasteiger partial charge in [-0.3, -0.25) is 9.59 Å². The molecular formula is C20H25N3O3. The van der Waals surface area contributed by atoms with E-state index in [2.05, 4.69) is 18.8 Å². The van der Waals surface area contributed by atoms with Gasteiger partial charge in [0.05, 0.1) is 12.8 Å². The highest BCUT2D eigenvalue weighted by Gasteiger charge is 2.31. The zero-order valence-electron chi connectivity index (χ0n) is 15.8. The zero-order chi connectivity index (χ0) is 18.8. The van der Waals surface area contributed by atoms with Gasteiger partial charge in [-0.15, -0.1) is 0 Å². The van der Waals surface area contributed by atoms with E-state index in [1.807, 2.05) is 33.7 Å². The second-order valence-corrected chi connectivity index (χ2v) is 7.04. The molecule has 0 fully saturated rings. The maximum Gasteiger partial charge on any atom is 0.289 e. The second-order valence-electron chi connectivity index (χ2n) is 7.04. The SMILES string of the molecule is COc1ccc(-c2c(C(C)=O)nc3n2CCN(CCC(C)C)C3=O)cc1. The monoisotopic (exact) mass is 355 g/mol. The van der Waals surface area contributed by atoms with E-state index in [0.717, 1.165) is 24.3 Å². The van der Waals surface area contributed by atoms with Crippen LogP contribution in [0, 0.1) is 5.92 Å². The van der Waals surface area contributed by atoms with Crippen LogP contribution in [0.5, 0.6) is 5.75 Å². The fourth-order valence-corrected chi connectivity index (χ4v) is 3.21. The summed E-state index contributed by atoms with van der Waals surface area (Å²) in [6, 6.07) is 7.48. The highest BCUT2D eigenvalue weighted by molar-refractivity contribution is 6.01. The first kappa shape index (κ1) is 18.2. The highest BCUT2D eigenvalue weighted by atomic mass is 16.5. The van der Waals surface area contributed by atoms with Crippen LogP contribution in [0.4, 0.5) is 0 Å². The summed E-state index contributed by atoms with van der Waals surface area (Å²) >= 11 is 0. The number of methoxy groups -OCH3 is 1. The van der Waals surface area contributed by atoms with Crippen molar-refractivity contribution in [1.29, 1.82) is 0 Å². The molecule has 0 atom stereocenters. The Labute approximate surface area is 153 Å². The largest absolute Gasteiger partial charge is 0.497 e. The Morgan fingerprint density at radius 1 is 1.23 bits per heavy atom. The summed E-state index contributed by atoms with van der Waals surface area (Å²) in [4.78, 5) is 31.3. The molecule has 1 aromatic heterocycles. The quantitative estimate of drug-likeness (QED) is 0.746. The van der Waals surface area contributed by atoms with E-state index in [9.17, 15) is 9.59 Å². The van der Waals surface area contributed by atoms with Crippen LogP contribution in [0.25, 0.3) is 11.3 Å². The zero-order valence-corrected chi connectivity index (χ0v) is 15.8. The molecule has 3 rings (SSSR count). The number of ketones is 1. The van der Waals surface area contributed by atoms with Crippen molar-refractivity contribution < 1.29 is 14.3 Å². The van der Waals surface area contributed by atoms with Crippen LogP contribution in [-0.2, 0) is 6.54 Å². The standard InChI is InChI=1S/C20H25N3O3/c1-13(2)9-10-22-11-12-23-18(15-5-7-16(26-4)8-6-15)17(14(3)24)21-19(23)20(22)25/h5-8,13H,9-12H2,1-4H3. The molecule has 0 saturated heterocycles. The molecular weight excluding hydrogens is 330 g/mol. The first-order valence-electron chi connectivity index (χ1n) is 8.97. The topological polar surface area (TPSA) is 64.4 Å². The summed E-state index contributed by atoms with van der Waals surface area (Å²) in [5, 5.41) is 0. The van der Waals surface area contributed by atoms with Crippen molar-refractivity contribution >= 4 is 11.7 Å². The van der Waals surface area contributed by atoms with Gasteiger partial charge in [-0.05, 0) is 36.6 Å². The molecule has 0 aliphatic carbocycles. The number of benzene rings is 1. The van der Waals surface area contributed by atoms with Crippen LogP contribution in [0.1, 0.15) is 48.3 Å². The van der Waals surface area contributed by atoms with Gasteiger partial charge < -0.3 is 14.2 Å². The molecule has 0 bridgehead atoms. The van der Waals surface area contributed by atoms with E-state index in [4.69, 9.17) is 4.74 Å². The lowest BCUT2D eigenvalue weighted by molar-refractivity contribution is 0.0690. The van der Waals surface area contributed by atoms with Gasteiger partial charge in [0.15, 0.2) is 11.6 Å². The summed E-state index contributed by atoms with van der Waals surface area (Å²) in [7, 11) is 1.61. The van der Waals surface area contributed by atoms with Crippen LogP contribution in [0.2, 0.25) is 0 Å². The van der Waals surface area contributed by atoms with Gasteiger partial charge in [-0.25, -0.2) is 4.98 Å². The summed E-state index contributed by atoms with van der Waals surface area (Å²) in [5.41, 5.74) is 1.93. The van der Waals surface area contributed by atoms with Crippen LogP contribution in [0.3, 0.4) is 0 Å². The predicted octanol–water partition coefficient (Wildman–Crippen LogP) is 3.26. The summed E-state index contributed by atoms with van der Waals surface area (Å²) in [6.07, 6.45) is 0.956. The number of aromatic nitrogens is 2. The van der Waals surface area contributed by atoms with E-state index < -0.39 is 0 Å². The fraction of sp³-hybridized carbons (Fsp3) is 0.450. The molecule has 2 heterocycles. The van der Waals surface area contributed by atoms with E-state index in [1.165, 1.54) is 6.92 Å². The number of hydrogen-bond donors (Lipinski definition) is 0. The van der Waals surface area contributed by atoms with Crippen LogP contribution in [0.15, 0.2) is 24.3 Å². The number of Topliss-reactive ketones (excluding diaryl/α,β-unsaturated/α-hetero) is 1. The minimum absolute atomic E-state index is 0.0980. The van der Waals surface area contributed by atoms with E-state index in [0.29, 0.717) is 36.2 Å². The van der Waals surface area contributed by atoms with Crippen molar-refractivity contribution in [2.75, 3.05) is 20.2 Å². The van der Waals surface area contributed by atoms with Gasteiger partial charge in [0.2, 0.25) is 0 Å². The van der Waals surface area contributed by atoms with Crippen molar-refractivity contribution in [2.24, 2.45) is 5.92 Å². The van der Waals surface area contributed by atoms with E-state index in [-0.39, 0.29) is 11.7 Å². The normalized spacial score (nSPS) is 13.9. The summed E-state index contributed by atoms with van der Waals surface area (Å²) in [5.74, 6) is 1.40. The first-order chi connectivity index (χ1) is 12.4. The molecule has 1 aliphatic rings.